The second kappa shape index (κ2) is 6.02. The number of carbonyl (C=O) groups is 1. The first-order chi connectivity index (χ1) is 8.01. The molecule has 4 nitrogen and oxygen atoms in total. The van der Waals surface area contributed by atoms with Crippen molar-refractivity contribution in [2.75, 3.05) is 20.2 Å². The molecule has 0 aromatic carbocycles. The number of hydrogen-bond acceptors (Lipinski definition) is 4. The highest BCUT2D eigenvalue weighted by Gasteiger charge is 2.34. The number of ether oxygens (including phenoxy) is 1. The Bertz CT molecular complexity index is 301. The van der Waals surface area contributed by atoms with Crippen LogP contribution >= 0.6 is 0 Å². The van der Waals surface area contributed by atoms with Gasteiger partial charge in [0.25, 0.3) is 0 Å². The maximum Gasteiger partial charge on any atom is 0.312 e. The van der Waals surface area contributed by atoms with E-state index in [1.165, 1.54) is 20.0 Å². The lowest BCUT2D eigenvalue weighted by molar-refractivity contribution is -0.152. The van der Waals surface area contributed by atoms with Crippen molar-refractivity contribution < 1.29 is 9.53 Å². The maximum atomic E-state index is 11.7. The van der Waals surface area contributed by atoms with Crippen LogP contribution in [0.4, 0.5) is 0 Å². The van der Waals surface area contributed by atoms with Crippen molar-refractivity contribution in [1.82, 2.24) is 4.90 Å². The molecule has 0 bridgehead atoms. The zero-order chi connectivity index (χ0) is 12.9. The van der Waals surface area contributed by atoms with Crippen molar-refractivity contribution in [1.29, 1.82) is 5.26 Å². The minimum absolute atomic E-state index is 0.210. The first-order valence-corrected chi connectivity index (χ1v) is 6.20. The first-order valence-electron chi connectivity index (χ1n) is 6.20. The van der Waals surface area contributed by atoms with E-state index in [0.29, 0.717) is 19.1 Å². The van der Waals surface area contributed by atoms with E-state index in [2.05, 4.69) is 11.0 Å². The normalized spacial score (nSPS) is 17.1. The monoisotopic (exact) mass is 238 g/mol. The largest absolute Gasteiger partial charge is 0.469 e. The Morgan fingerprint density at radius 1 is 1.47 bits per heavy atom. The van der Waals surface area contributed by atoms with Crippen LogP contribution in [0, 0.1) is 16.7 Å². The number of nitrogens with zero attached hydrogens (tertiary/aromatic N) is 2. The Morgan fingerprint density at radius 2 is 2.06 bits per heavy atom. The third-order valence-electron chi connectivity index (χ3n) is 3.45. The van der Waals surface area contributed by atoms with Gasteiger partial charge in [-0.25, -0.2) is 0 Å². The minimum Gasteiger partial charge on any atom is -0.469 e. The fraction of sp³-hybridized carbons (Fsp3) is 0.846. The molecule has 1 aliphatic rings. The third kappa shape index (κ3) is 3.71. The van der Waals surface area contributed by atoms with Gasteiger partial charge in [-0.2, -0.15) is 5.26 Å². The number of nitriles is 1. The van der Waals surface area contributed by atoms with Crippen LogP contribution in [0.25, 0.3) is 0 Å². The van der Waals surface area contributed by atoms with Crippen molar-refractivity contribution in [2.45, 2.75) is 45.6 Å². The summed E-state index contributed by atoms with van der Waals surface area (Å²) < 4.78 is 4.81. The van der Waals surface area contributed by atoms with Gasteiger partial charge in [0.05, 0.1) is 25.1 Å². The molecule has 17 heavy (non-hydrogen) atoms. The quantitative estimate of drug-likeness (QED) is 0.542. The Labute approximate surface area is 104 Å². The Morgan fingerprint density at radius 3 is 2.53 bits per heavy atom. The van der Waals surface area contributed by atoms with Gasteiger partial charge in [-0.1, -0.05) is 12.8 Å². The molecule has 0 spiro atoms. The maximum absolute atomic E-state index is 11.7. The van der Waals surface area contributed by atoms with E-state index in [4.69, 9.17) is 10.00 Å². The van der Waals surface area contributed by atoms with Gasteiger partial charge in [0.15, 0.2) is 0 Å². The van der Waals surface area contributed by atoms with E-state index in [1.54, 1.807) is 0 Å². The predicted octanol–water partition coefficient (Wildman–Crippen LogP) is 1.95. The summed E-state index contributed by atoms with van der Waals surface area (Å²) in [5.74, 6) is -0.210. The van der Waals surface area contributed by atoms with E-state index in [-0.39, 0.29) is 5.97 Å². The zero-order valence-electron chi connectivity index (χ0n) is 11.0. The highest BCUT2D eigenvalue weighted by atomic mass is 16.5. The lowest BCUT2D eigenvalue weighted by Gasteiger charge is -2.33. The molecule has 0 N–H and O–H groups in total. The van der Waals surface area contributed by atoms with Gasteiger partial charge < -0.3 is 4.74 Å². The van der Waals surface area contributed by atoms with Crippen LogP contribution < -0.4 is 0 Å². The molecular weight excluding hydrogens is 216 g/mol. The van der Waals surface area contributed by atoms with Gasteiger partial charge in [-0.15, -0.1) is 0 Å². The van der Waals surface area contributed by atoms with Crippen LogP contribution in [0.15, 0.2) is 0 Å². The van der Waals surface area contributed by atoms with E-state index < -0.39 is 5.41 Å². The molecule has 0 radical (unpaired) electrons. The number of carbonyl (C=O) groups excluding carboxylic acids is 1. The summed E-state index contributed by atoms with van der Waals surface area (Å²) in [6.07, 6.45) is 4.73. The topological polar surface area (TPSA) is 53.3 Å². The number of hydrogen-bond donors (Lipinski definition) is 0. The molecule has 0 amide bonds. The molecule has 0 heterocycles. The third-order valence-corrected chi connectivity index (χ3v) is 3.45. The van der Waals surface area contributed by atoms with Crippen LogP contribution in [-0.4, -0.2) is 37.1 Å². The molecule has 0 saturated heterocycles. The van der Waals surface area contributed by atoms with Crippen LogP contribution in [0.3, 0.4) is 0 Å². The number of methoxy groups -OCH3 is 1. The molecule has 96 valence electrons. The molecule has 0 atom stereocenters. The molecular formula is C13H22N2O2. The molecule has 0 aromatic rings. The highest BCUT2D eigenvalue weighted by molar-refractivity contribution is 5.76. The lowest BCUT2D eigenvalue weighted by Crippen LogP contribution is -2.44. The Hall–Kier alpha value is -1.08. The molecule has 1 rings (SSSR count). The lowest BCUT2D eigenvalue weighted by atomic mass is 9.92. The fourth-order valence-corrected chi connectivity index (χ4v) is 2.52. The summed E-state index contributed by atoms with van der Waals surface area (Å²) >= 11 is 0. The van der Waals surface area contributed by atoms with Crippen LogP contribution in [0.5, 0.6) is 0 Å². The summed E-state index contributed by atoms with van der Waals surface area (Å²) in [6.45, 7) is 4.74. The summed E-state index contributed by atoms with van der Waals surface area (Å²) in [6, 6.07) is 2.66. The van der Waals surface area contributed by atoms with Crippen LogP contribution in [0.1, 0.15) is 39.5 Å². The van der Waals surface area contributed by atoms with E-state index >= 15 is 0 Å². The first kappa shape index (κ1) is 14.0. The Kier molecular flexibility index (Phi) is 4.95. The molecule has 4 heteroatoms. The van der Waals surface area contributed by atoms with E-state index in [0.717, 1.165) is 12.8 Å². The van der Waals surface area contributed by atoms with Crippen molar-refractivity contribution in [3.63, 3.8) is 0 Å². The summed E-state index contributed by atoms with van der Waals surface area (Å²) in [5.41, 5.74) is -0.547. The predicted molar refractivity (Wildman–Crippen MR) is 65.2 cm³/mol. The number of rotatable bonds is 5. The average Bonchev–Trinajstić information content (AvgIpc) is 2.80. The van der Waals surface area contributed by atoms with Crippen molar-refractivity contribution in [2.24, 2.45) is 5.41 Å². The van der Waals surface area contributed by atoms with Crippen LogP contribution in [-0.2, 0) is 9.53 Å². The van der Waals surface area contributed by atoms with Gasteiger partial charge in [-0.3, -0.25) is 9.69 Å². The highest BCUT2D eigenvalue weighted by Crippen LogP contribution is 2.27. The summed E-state index contributed by atoms with van der Waals surface area (Å²) in [7, 11) is 1.41. The minimum atomic E-state index is -0.547. The van der Waals surface area contributed by atoms with E-state index in [9.17, 15) is 4.79 Å². The molecule has 1 aliphatic carbocycles. The van der Waals surface area contributed by atoms with Gasteiger partial charge in [0.1, 0.15) is 0 Å². The standard InChI is InChI=1S/C13H22N2O2/c1-13(2,12(16)17-3)10-15(9-8-14)11-6-4-5-7-11/h11H,4-7,9-10H2,1-3H3. The Balaban J connectivity index is 2.65. The molecule has 1 fully saturated rings. The summed E-state index contributed by atoms with van der Waals surface area (Å²) in [5, 5.41) is 8.88. The van der Waals surface area contributed by atoms with E-state index in [1.807, 2.05) is 13.8 Å². The van der Waals surface area contributed by atoms with Gasteiger partial charge in [0.2, 0.25) is 0 Å². The average molecular weight is 238 g/mol. The van der Waals surface area contributed by atoms with Gasteiger partial charge >= 0.3 is 5.97 Å². The van der Waals surface area contributed by atoms with Crippen LogP contribution in [0.2, 0.25) is 0 Å². The summed E-state index contributed by atoms with van der Waals surface area (Å²) in [4.78, 5) is 13.8. The van der Waals surface area contributed by atoms with Crippen molar-refractivity contribution in [3.05, 3.63) is 0 Å². The molecule has 0 unspecified atom stereocenters. The van der Waals surface area contributed by atoms with Gasteiger partial charge in [-0.05, 0) is 26.7 Å². The zero-order valence-corrected chi connectivity index (χ0v) is 11.0. The van der Waals surface area contributed by atoms with Gasteiger partial charge in [0, 0.05) is 12.6 Å². The van der Waals surface area contributed by atoms with Crippen molar-refractivity contribution in [3.8, 4) is 6.07 Å². The molecule has 1 saturated carbocycles. The second-order valence-electron chi connectivity index (χ2n) is 5.38. The van der Waals surface area contributed by atoms with Crippen molar-refractivity contribution >= 4 is 5.97 Å². The molecule has 0 aliphatic heterocycles. The molecule has 0 aromatic heterocycles. The SMILES string of the molecule is COC(=O)C(C)(C)CN(CC#N)C1CCCC1. The fourth-order valence-electron chi connectivity index (χ4n) is 2.52. The second-order valence-corrected chi connectivity index (χ2v) is 5.38. The number of esters is 1. The smallest absolute Gasteiger partial charge is 0.312 e.